The van der Waals surface area contributed by atoms with Crippen LogP contribution >= 0.6 is 0 Å². The van der Waals surface area contributed by atoms with Gasteiger partial charge in [-0.05, 0) is 48.9 Å². The van der Waals surface area contributed by atoms with E-state index < -0.39 is 12.0 Å². The number of carbonyl (C=O) groups is 2. The Morgan fingerprint density at radius 2 is 1.66 bits per heavy atom. The van der Waals surface area contributed by atoms with Crippen LogP contribution in [0.25, 0.3) is 11.1 Å². The van der Waals surface area contributed by atoms with E-state index in [0.717, 1.165) is 22.2 Å². The van der Waals surface area contributed by atoms with Crippen molar-refractivity contribution in [2.75, 3.05) is 18.5 Å². The van der Waals surface area contributed by atoms with Gasteiger partial charge in [-0.3, -0.25) is 4.79 Å². The molecule has 0 aliphatic heterocycles. The van der Waals surface area contributed by atoms with Gasteiger partial charge in [0.05, 0.1) is 6.54 Å². The number of aromatic nitrogens is 1. The summed E-state index contributed by atoms with van der Waals surface area (Å²) in [6, 6.07) is 28.4. The van der Waals surface area contributed by atoms with Gasteiger partial charge in [-0.15, -0.1) is 0 Å². The number of carbonyl (C=O) groups excluding carboxylic acids is 1. The number of oxazole rings is 1. The van der Waals surface area contributed by atoms with E-state index in [4.69, 9.17) is 9.15 Å². The second-order valence-electron chi connectivity index (χ2n) is 9.72. The lowest BCUT2D eigenvalue weighted by molar-refractivity contribution is -0.137. The van der Waals surface area contributed by atoms with Crippen molar-refractivity contribution in [3.8, 4) is 5.75 Å². The molecule has 0 aliphatic rings. The van der Waals surface area contributed by atoms with Gasteiger partial charge in [-0.25, -0.2) is 9.78 Å². The minimum atomic E-state index is -1.01. The highest BCUT2D eigenvalue weighted by Crippen LogP contribution is 2.22. The van der Waals surface area contributed by atoms with Gasteiger partial charge in [0.2, 0.25) is 5.89 Å². The first-order chi connectivity index (χ1) is 20.0. The number of carboxylic acid groups (broad SMARTS) is 1. The van der Waals surface area contributed by atoms with Crippen molar-refractivity contribution in [2.45, 2.75) is 25.9 Å². The molecule has 1 unspecified atom stereocenters. The third-order valence-electron chi connectivity index (χ3n) is 6.64. The highest BCUT2D eigenvalue weighted by atomic mass is 16.5. The maximum absolute atomic E-state index is 13.1. The molecule has 0 saturated carbocycles. The van der Waals surface area contributed by atoms with Crippen molar-refractivity contribution in [2.24, 2.45) is 0 Å². The number of nitrogens with one attached hydrogen (secondary N) is 2. The van der Waals surface area contributed by atoms with Crippen molar-refractivity contribution in [1.29, 1.82) is 0 Å². The molecule has 5 rings (SSSR count). The number of anilines is 1. The van der Waals surface area contributed by atoms with Crippen LogP contribution < -0.4 is 15.4 Å². The van der Waals surface area contributed by atoms with Crippen LogP contribution in [-0.4, -0.2) is 41.0 Å². The summed E-state index contributed by atoms with van der Waals surface area (Å²) in [6.07, 6.45) is 0.231. The van der Waals surface area contributed by atoms with Crippen LogP contribution in [0.1, 0.15) is 32.9 Å². The monoisotopic (exact) mass is 549 g/mol. The molecule has 0 amide bonds. The third kappa shape index (κ3) is 7.17. The van der Waals surface area contributed by atoms with Crippen molar-refractivity contribution >= 4 is 28.5 Å². The number of rotatable bonds is 13. The average molecular weight is 550 g/mol. The topological polar surface area (TPSA) is 114 Å². The smallest absolute Gasteiger partial charge is 0.326 e. The van der Waals surface area contributed by atoms with Crippen molar-refractivity contribution in [3.05, 3.63) is 125 Å². The lowest BCUT2D eigenvalue weighted by Crippen LogP contribution is -2.32. The third-order valence-corrected chi connectivity index (χ3v) is 6.64. The highest BCUT2D eigenvalue weighted by molar-refractivity contribution is 6.12. The van der Waals surface area contributed by atoms with Gasteiger partial charge in [0.25, 0.3) is 0 Å². The zero-order valence-electron chi connectivity index (χ0n) is 22.7. The van der Waals surface area contributed by atoms with Gasteiger partial charge in [0.15, 0.2) is 11.4 Å². The molecule has 0 radical (unpaired) electrons. The second kappa shape index (κ2) is 12.9. The average Bonchev–Trinajstić information content (AvgIpc) is 3.41. The van der Waals surface area contributed by atoms with E-state index in [9.17, 15) is 14.7 Å². The van der Waals surface area contributed by atoms with Gasteiger partial charge in [0, 0.05) is 29.8 Å². The van der Waals surface area contributed by atoms with Gasteiger partial charge in [-0.1, -0.05) is 66.2 Å². The van der Waals surface area contributed by atoms with Crippen LogP contribution in [0.2, 0.25) is 0 Å². The number of ether oxygens (including phenoxy) is 1. The Hall–Kier alpha value is -4.95. The molecule has 1 atom stereocenters. The molecule has 41 heavy (non-hydrogen) atoms. The Morgan fingerprint density at radius 3 is 2.41 bits per heavy atom. The van der Waals surface area contributed by atoms with E-state index in [1.54, 1.807) is 36.4 Å². The van der Waals surface area contributed by atoms with Crippen molar-refractivity contribution in [1.82, 2.24) is 10.3 Å². The molecule has 8 heteroatoms. The number of hydrogen-bond donors (Lipinski definition) is 3. The number of nitrogens with zero attached hydrogens (tertiary/aromatic N) is 1. The Labute approximate surface area is 238 Å². The summed E-state index contributed by atoms with van der Waals surface area (Å²) in [4.78, 5) is 29.7. The van der Waals surface area contributed by atoms with Crippen molar-refractivity contribution in [3.63, 3.8) is 0 Å². The number of fused-ring (bicyclic) bond motifs is 1. The minimum Gasteiger partial charge on any atom is -0.492 e. The summed E-state index contributed by atoms with van der Waals surface area (Å²) in [5.41, 5.74) is 4.94. The molecule has 0 saturated heterocycles. The summed E-state index contributed by atoms with van der Waals surface area (Å²) in [7, 11) is 0. The number of hydrogen-bond acceptors (Lipinski definition) is 7. The number of aryl methyl sites for hydroxylation is 1. The first-order valence-electron chi connectivity index (χ1n) is 13.4. The highest BCUT2D eigenvalue weighted by Gasteiger charge is 2.21. The van der Waals surface area contributed by atoms with E-state index in [0.29, 0.717) is 48.2 Å². The van der Waals surface area contributed by atoms with E-state index in [1.807, 2.05) is 67.6 Å². The summed E-state index contributed by atoms with van der Waals surface area (Å²) >= 11 is 0. The van der Waals surface area contributed by atoms with Gasteiger partial charge >= 0.3 is 5.97 Å². The molecule has 0 spiro atoms. The standard InChI is InChI=1S/C33H31N3O5/c1-22-10-14-24(15-11-22)32(37)26-6-2-3-7-27(26)35-29(33(38)39)20-23-12-16-25(17-13-23)40-19-18-34-21-31-36-28-8-4-5-9-30(28)41-31/h2-17,29,34-35H,18-21H2,1H3,(H,38,39). The SMILES string of the molecule is Cc1ccc(C(=O)c2ccccc2NC(Cc2ccc(OCCNCc3nc4ccccc4o3)cc2)C(=O)O)cc1. The molecular formula is C33H31N3O5. The molecule has 1 heterocycles. The molecule has 0 fully saturated rings. The second-order valence-corrected chi connectivity index (χ2v) is 9.72. The zero-order chi connectivity index (χ0) is 28.6. The molecule has 3 N–H and O–H groups in total. The van der Waals surface area contributed by atoms with Crippen LogP contribution in [-0.2, 0) is 17.8 Å². The molecular weight excluding hydrogens is 518 g/mol. The summed E-state index contributed by atoms with van der Waals surface area (Å²) in [5, 5.41) is 16.2. The Kier molecular flexibility index (Phi) is 8.71. The molecule has 0 bridgehead atoms. The number of benzene rings is 4. The van der Waals surface area contributed by atoms with Crippen LogP contribution in [0.15, 0.2) is 101 Å². The Balaban J connectivity index is 1.14. The van der Waals surface area contributed by atoms with Gasteiger partial charge in [0.1, 0.15) is 23.9 Å². The van der Waals surface area contributed by atoms with E-state index >= 15 is 0 Å². The largest absolute Gasteiger partial charge is 0.492 e. The molecule has 208 valence electrons. The fourth-order valence-corrected chi connectivity index (χ4v) is 4.44. The Morgan fingerprint density at radius 1 is 0.927 bits per heavy atom. The maximum atomic E-state index is 13.1. The van der Waals surface area contributed by atoms with Crippen LogP contribution in [0.4, 0.5) is 5.69 Å². The van der Waals surface area contributed by atoms with Crippen LogP contribution in [0.5, 0.6) is 5.75 Å². The minimum absolute atomic E-state index is 0.165. The lowest BCUT2D eigenvalue weighted by Gasteiger charge is -2.18. The number of para-hydroxylation sites is 3. The molecule has 1 aromatic heterocycles. The number of aliphatic carboxylic acids is 1. The maximum Gasteiger partial charge on any atom is 0.326 e. The van der Waals surface area contributed by atoms with Gasteiger partial charge in [-0.2, -0.15) is 0 Å². The van der Waals surface area contributed by atoms with Gasteiger partial charge < -0.3 is 24.9 Å². The summed E-state index contributed by atoms with van der Waals surface area (Å²) in [6.45, 7) is 3.51. The quantitative estimate of drug-likeness (QED) is 0.128. The summed E-state index contributed by atoms with van der Waals surface area (Å²) < 4.78 is 11.5. The van der Waals surface area contributed by atoms with E-state index in [1.165, 1.54) is 0 Å². The predicted octanol–water partition coefficient (Wildman–Crippen LogP) is 5.64. The predicted molar refractivity (Wildman–Crippen MR) is 157 cm³/mol. The Bertz CT molecular complexity index is 1590. The first kappa shape index (κ1) is 27.6. The van der Waals surface area contributed by atoms with Crippen LogP contribution in [0.3, 0.4) is 0 Å². The lowest BCUT2D eigenvalue weighted by atomic mass is 9.99. The summed E-state index contributed by atoms with van der Waals surface area (Å²) in [5.74, 6) is 0.139. The van der Waals surface area contributed by atoms with E-state index in [-0.39, 0.29) is 12.2 Å². The zero-order valence-corrected chi connectivity index (χ0v) is 22.7. The molecule has 0 aliphatic carbocycles. The first-order valence-corrected chi connectivity index (χ1v) is 13.4. The fourth-order valence-electron chi connectivity index (χ4n) is 4.44. The molecule has 5 aromatic rings. The number of carboxylic acids is 1. The van der Waals surface area contributed by atoms with E-state index in [2.05, 4.69) is 15.6 Å². The fraction of sp³-hybridized carbons (Fsp3) is 0.182. The van der Waals surface area contributed by atoms with Crippen molar-refractivity contribution < 1.29 is 23.8 Å². The molecule has 4 aromatic carbocycles. The number of ketones is 1. The van der Waals surface area contributed by atoms with Crippen LogP contribution in [0, 0.1) is 6.92 Å². The molecule has 8 nitrogen and oxygen atoms in total. The normalized spacial score (nSPS) is 11.7.